The Hall–Kier alpha value is -4.77. The van der Waals surface area contributed by atoms with Crippen LogP contribution in [0, 0.1) is 11.3 Å². The number of methoxy groups -OCH3 is 2. The van der Waals surface area contributed by atoms with Crippen LogP contribution in [0.2, 0.25) is 0 Å². The maximum Gasteiger partial charge on any atom is 0.413 e. The van der Waals surface area contributed by atoms with E-state index >= 15 is 0 Å². The molecule has 0 fully saturated rings. The fraction of sp³-hybridized carbons (Fsp3) is 0.115. The lowest BCUT2D eigenvalue weighted by atomic mass is 10.1. The Morgan fingerprint density at radius 2 is 1.65 bits per heavy atom. The molecular weight excluding hydrogens is 434 g/mol. The molecule has 8 nitrogen and oxygen atoms in total. The van der Waals surface area contributed by atoms with E-state index < -0.39 is 12.2 Å². The third-order valence-corrected chi connectivity index (χ3v) is 4.98. The van der Waals surface area contributed by atoms with Gasteiger partial charge in [0.05, 0.1) is 19.7 Å². The molecule has 0 spiro atoms. The van der Waals surface area contributed by atoms with Gasteiger partial charge < -0.3 is 18.9 Å². The van der Waals surface area contributed by atoms with E-state index in [0.717, 1.165) is 5.39 Å². The normalized spacial score (nSPS) is 11.2. The number of anilines is 1. The summed E-state index contributed by atoms with van der Waals surface area (Å²) in [5, 5.41) is 12.7. The molecule has 0 bridgehead atoms. The largest absolute Gasteiger partial charge is 0.493 e. The summed E-state index contributed by atoms with van der Waals surface area (Å²) in [5.41, 5.74) is 1.79. The van der Waals surface area contributed by atoms with Crippen LogP contribution in [-0.2, 0) is 4.74 Å². The Kier molecular flexibility index (Phi) is 6.75. The summed E-state index contributed by atoms with van der Waals surface area (Å²) < 4.78 is 22.0. The summed E-state index contributed by atoms with van der Waals surface area (Å²) in [5.74, 6) is 2.29. The van der Waals surface area contributed by atoms with Crippen LogP contribution in [0.25, 0.3) is 10.9 Å². The molecule has 0 aliphatic carbocycles. The first kappa shape index (κ1) is 22.4. The fourth-order valence-electron chi connectivity index (χ4n) is 3.32. The summed E-state index contributed by atoms with van der Waals surface area (Å²) >= 11 is 0. The number of rotatable bonds is 7. The molecule has 1 heterocycles. The predicted octanol–water partition coefficient (Wildman–Crippen LogP) is 5.86. The first-order valence-corrected chi connectivity index (χ1v) is 10.3. The van der Waals surface area contributed by atoms with Crippen molar-refractivity contribution in [2.45, 2.75) is 6.10 Å². The Morgan fingerprint density at radius 3 is 2.32 bits per heavy atom. The second kappa shape index (κ2) is 10.2. The zero-order chi connectivity index (χ0) is 23.9. The van der Waals surface area contributed by atoms with Crippen LogP contribution < -0.4 is 19.5 Å². The van der Waals surface area contributed by atoms with E-state index in [1.54, 1.807) is 87.1 Å². The highest BCUT2D eigenvalue weighted by molar-refractivity contribution is 5.88. The molecular formula is C26H21N3O5. The van der Waals surface area contributed by atoms with Gasteiger partial charge in [0.2, 0.25) is 6.10 Å². The Morgan fingerprint density at radius 1 is 0.941 bits per heavy atom. The summed E-state index contributed by atoms with van der Waals surface area (Å²) in [4.78, 5) is 16.6. The van der Waals surface area contributed by atoms with Crippen LogP contribution in [-0.4, -0.2) is 25.3 Å². The second-order valence-electron chi connectivity index (χ2n) is 7.11. The Bertz CT molecular complexity index is 1330. The van der Waals surface area contributed by atoms with Gasteiger partial charge in [-0.15, -0.1) is 0 Å². The molecule has 170 valence electrons. The summed E-state index contributed by atoms with van der Waals surface area (Å²) in [7, 11) is 3.13. The SMILES string of the molecule is COc1cc2nccc(Oc3ccc(NC(=O)OC(C#N)c4ccccc4)cc3)c2cc1OC. The number of nitrogens with one attached hydrogen (secondary N) is 1. The number of pyridine rings is 1. The number of amides is 1. The third kappa shape index (κ3) is 5.00. The molecule has 0 saturated heterocycles. The molecule has 1 unspecified atom stereocenters. The van der Waals surface area contributed by atoms with Crippen LogP contribution in [0.1, 0.15) is 11.7 Å². The molecule has 0 aliphatic heterocycles. The van der Waals surface area contributed by atoms with Crippen LogP contribution in [0.4, 0.5) is 10.5 Å². The quantitative estimate of drug-likeness (QED) is 0.372. The third-order valence-electron chi connectivity index (χ3n) is 4.98. The average Bonchev–Trinajstić information content (AvgIpc) is 2.88. The first-order chi connectivity index (χ1) is 16.6. The van der Waals surface area contributed by atoms with Gasteiger partial charge in [0.15, 0.2) is 11.5 Å². The number of carbonyl (C=O) groups excluding carboxylic acids is 1. The van der Waals surface area contributed by atoms with E-state index in [2.05, 4.69) is 10.3 Å². The van der Waals surface area contributed by atoms with Gasteiger partial charge in [-0.25, -0.2) is 4.79 Å². The molecule has 1 aromatic heterocycles. The van der Waals surface area contributed by atoms with Crippen molar-refractivity contribution in [2.24, 2.45) is 0 Å². The molecule has 4 aromatic rings. The highest BCUT2D eigenvalue weighted by Gasteiger charge is 2.16. The fourth-order valence-corrected chi connectivity index (χ4v) is 3.32. The number of nitrogens with zero attached hydrogens (tertiary/aromatic N) is 2. The van der Waals surface area contributed by atoms with Crippen molar-refractivity contribution in [2.75, 3.05) is 19.5 Å². The molecule has 1 amide bonds. The van der Waals surface area contributed by atoms with Crippen molar-refractivity contribution in [3.63, 3.8) is 0 Å². The lowest BCUT2D eigenvalue weighted by Crippen LogP contribution is -2.16. The standard InChI is InChI=1S/C26H21N3O5/c1-31-23-14-20-21(15-24(23)32-2)28-13-12-22(20)33-19-10-8-18(9-11-19)29-26(30)34-25(16-27)17-6-4-3-5-7-17/h3-15,25H,1-2H3,(H,29,30). The maximum atomic E-state index is 12.2. The smallest absolute Gasteiger partial charge is 0.413 e. The lowest BCUT2D eigenvalue weighted by Gasteiger charge is -2.13. The minimum atomic E-state index is -1.00. The number of carbonyl (C=O) groups is 1. The van der Waals surface area contributed by atoms with Gasteiger partial charge in [0.25, 0.3) is 0 Å². The van der Waals surface area contributed by atoms with Gasteiger partial charge in [-0.05, 0) is 36.4 Å². The van der Waals surface area contributed by atoms with Crippen molar-refractivity contribution < 1.29 is 23.7 Å². The Balaban J connectivity index is 1.45. The molecule has 0 saturated carbocycles. The molecule has 3 aromatic carbocycles. The highest BCUT2D eigenvalue weighted by atomic mass is 16.6. The molecule has 4 rings (SSSR count). The van der Waals surface area contributed by atoms with Crippen molar-refractivity contribution in [1.29, 1.82) is 5.26 Å². The monoisotopic (exact) mass is 455 g/mol. The van der Waals surface area contributed by atoms with Crippen LogP contribution in [0.5, 0.6) is 23.0 Å². The van der Waals surface area contributed by atoms with Crippen molar-refractivity contribution >= 4 is 22.7 Å². The zero-order valence-corrected chi connectivity index (χ0v) is 18.5. The maximum absolute atomic E-state index is 12.2. The van der Waals surface area contributed by atoms with Gasteiger partial charge in [-0.3, -0.25) is 10.3 Å². The second-order valence-corrected chi connectivity index (χ2v) is 7.11. The summed E-state index contributed by atoms with van der Waals surface area (Å²) in [6, 6.07) is 22.9. The lowest BCUT2D eigenvalue weighted by molar-refractivity contribution is 0.137. The molecule has 8 heteroatoms. The molecule has 1 atom stereocenters. The minimum Gasteiger partial charge on any atom is -0.493 e. The first-order valence-electron chi connectivity index (χ1n) is 10.3. The number of hydrogen-bond donors (Lipinski definition) is 1. The zero-order valence-electron chi connectivity index (χ0n) is 18.5. The van der Waals surface area contributed by atoms with E-state index in [1.165, 1.54) is 0 Å². The minimum absolute atomic E-state index is 0.494. The number of nitriles is 1. The molecule has 0 aliphatic rings. The van der Waals surface area contributed by atoms with Gasteiger partial charge in [0.1, 0.15) is 17.6 Å². The average molecular weight is 455 g/mol. The van der Waals surface area contributed by atoms with Crippen LogP contribution in [0.3, 0.4) is 0 Å². The molecule has 34 heavy (non-hydrogen) atoms. The molecule has 0 radical (unpaired) electrons. The van der Waals surface area contributed by atoms with Crippen molar-refractivity contribution in [3.8, 4) is 29.1 Å². The summed E-state index contributed by atoms with van der Waals surface area (Å²) in [6.07, 6.45) is -0.0851. The van der Waals surface area contributed by atoms with E-state index in [0.29, 0.717) is 39.8 Å². The predicted molar refractivity (Wildman–Crippen MR) is 126 cm³/mol. The summed E-state index contributed by atoms with van der Waals surface area (Å²) in [6.45, 7) is 0. The van der Waals surface area contributed by atoms with E-state index in [4.69, 9.17) is 18.9 Å². The number of benzene rings is 3. The van der Waals surface area contributed by atoms with Crippen molar-refractivity contribution in [3.05, 3.63) is 84.6 Å². The van der Waals surface area contributed by atoms with Gasteiger partial charge in [-0.1, -0.05) is 30.3 Å². The highest BCUT2D eigenvalue weighted by Crippen LogP contribution is 2.37. The van der Waals surface area contributed by atoms with Crippen LogP contribution in [0.15, 0.2) is 79.0 Å². The van der Waals surface area contributed by atoms with E-state index in [-0.39, 0.29) is 0 Å². The number of fused-ring (bicyclic) bond motifs is 1. The number of ether oxygens (including phenoxy) is 4. The van der Waals surface area contributed by atoms with E-state index in [9.17, 15) is 10.1 Å². The Labute approximate surface area is 196 Å². The van der Waals surface area contributed by atoms with Gasteiger partial charge >= 0.3 is 6.09 Å². The van der Waals surface area contributed by atoms with Crippen molar-refractivity contribution in [1.82, 2.24) is 4.98 Å². The molecule has 1 N–H and O–H groups in total. The number of aromatic nitrogens is 1. The van der Waals surface area contributed by atoms with Gasteiger partial charge in [0, 0.05) is 28.9 Å². The van der Waals surface area contributed by atoms with Gasteiger partial charge in [-0.2, -0.15) is 5.26 Å². The van der Waals surface area contributed by atoms with Crippen LogP contribution >= 0.6 is 0 Å². The number of hydrogen-bond acceptors (Lipinski definition) is 7. The van der Waals surface area contributed by atoms with E-state index in [1.807, 2.05) is 12.1 Å². The topological polar surface area (TPSA) is 103 Å².